The molecule has 1 N–H and O–H groups in total. The van der Waals surface area contributed by atoms with Crippen LogP contribution in [0.1, 0.15) is 36.8 Å². The molecule has 2 aliphatic rings. The molecule has 0 saturated carbocycles. The fourth-order valence-corrected chi connectivity index (χ4v) is 5.67. The number of halogens is 1. The molecule has 12 heteroatoms. The molecule has 2 aromatic rings. The van der Waals surface area contributed by atoms with Crippen LogP contribution in [0.4, 0.5) is 0 Å². The molecule has 3 amide bonds. The van der Waals surface area contributed by atoms with Crippen molar-refractivity contribution < 1.29 is 33.8 Å². The first-order chi connectivity index (χ1) is 18.7. The van der Waals surface area contributed by atoms with E-state index in [2.05, 4.69) is 0 Å². The zero-order valence-corrected chi connectivity index (χ0v) is 23.3. The van der Waals surface area contributed by atoms with Gasteiger partial charge in [-0.2, -0.15) is 0 Å². The van der Waals surface area contributed by atoms with Crippen molar-refractivity contribution in [2.45, 2.75) is 38.3 Å². The minimum Gasteiger partial charge on any atom is -0.493 e. The van der Waals surface area contributed by atoms with Crippen LogP contribution >= 0.6 is 35.6 Å². The number of likely N-dealkylation sites (tertiary alicyclic amines) is 1. The normalized spacial score (nSPS) is 18.4. The first kappa shape index (κ1) is 28.6. The second-order valence-corrected chi connectivity index (χ2v) is 10.9. The van der Waals surface area contributed by atoms with Gasteiger partial charge in [-0.1, -0.05) is 53.8 Å². The van der Waals surface area contributed by atoms with Crippen molar-refractivity contribution in [2.75, 3.05) is 13.7 Å². The van der Waals surface area contributed by atoms with E-state index in [1.807, 2.05) is 12.1 Å². The SMILES string of the molecule is COc1cc(/C=C2\SC(=S)N(C3CC(=O)N(CCCCC(=O)O)C3=O)C2=O)ccc1OCc1ccc(Cl)cc1. The van der Waals surface area contributed by atoms with Crippen LogP contribution in [-0.2, 0) is 25.8 Å². The number of unbranched alkanes of at least 4 members (excludes halogenated alkanes) is 1. The van der Waals surface area contributed by atoms with Crippen molar-refractivity contribution in [2.24, 2.45) is 0 Å². The van der Waals surface area contributed by atoms with Gasteiger partial charge < -0.3 is 14.6 Å². The van der Waals surface area contributed by atoms with Gasteiger partial charge in [0.25, 0.3) is 11.8 Å². The van der Waals surface area contributed by atoms with Gasteiger partial charge in [-0.3, -0.25) is 29.0 Å². The molecular formula is C27H25ClN2O7S2. The number of imide groups is 1. The van der Waals surface area contributed by atoms with Crippen molar-refractivity contribution in [1.29, 1.82) is 0 Å². The standard InChI is InChI=1S/C27H25ClN2O7S2/c1-36-21-12-17(7-10-20(21)37-15-16-5-8-18(28)9-6-16)13-22-26(35)30(27(38)39-22)19-14-23(31)29(25(19)34)11-3-2-4-24(32)33/h5-10,12-13,19H,2-4,11,14-15H2,1H3,(H,32,33)/b22-13-. The van der Waals surface area contributed by atoms with Gasteiger partial charge in [0, 0.05) is 18.0 Å². The van der Waals surface area contributed by atoms with Crippen molar-refractivity contribution in [1.82, 2.24) is 9.80 Å². The summed E-state index contributed by atoms with van der Waals surface area (Å²) in [7, 11) is 1.52. The quantitative estimate of drug-likeness (QED) is 0.175. The van der Waals surface area contributed by atoms with E-state index in [9.17, 15) is 19.2 Å². The summed E-state index contributed by atoms with van der Waals surface area (Å²) < 4.78 is 11.6. The third kappa shape index (κ3) is 6.78. The molecule has 4 rings (SSSR count). The summed E-state index contributed by atoms with van der Waals surface area (Å²) in [6, 6.07) is 11.5. The van der Waals surface area contributed by atoms with Crippen LogP contribution in [0.5, 0.6) is 11.5 Å². The number of rotatable bonds is 11. The summed E-state index contributed by atoms with van der Waals surface area (Å²) in [5, 5.41) is 9.41. The Morgan fingerprint density at radius 2 is 1.90 bits per heavy atom. The minimum absolute atomic E-state index is 0.0423. The number of methoxy groups -OCH3 is 1. The molecule has 0 bridgehead atoms. The number of nitrogens with zero attached hydrogens (tertiary/aromatic N) is 2. The van der Waals surface area contributed by atoms with Crippen LogP contribution in [0, 0.1) is 0 Å². The summed E-state index contributed by atoms with van der Waals surface area (Å²) >= 11 is 12.4. The molecule has 0 radical (unpaired) electrons. The van der Waals surface area contributed by atoms with Gasteiger partial charge in [-0.15, -0.1) is 0 Å². The molecule has 0 aliphatic carbocycles. The van der Waals surface area contributed by atoms with Gasteiger partial charge in [0.2, 0.25) is 5.91 Å². The molecule has 9 nitrogen and oxygen atoms in total. The Morgan fingerprint density at radius 1 is 1.15 bits per heavy atom. The Hall–Kier alpha value is -3.41. The van der Waals surface area contributed by atoms with Crippen LogP contribution in [0.15, 0.2) is 47.4 Å². The van der Waals surface area contributed by atoms with Crippen molar-refractivity contribution in [3.05, 3.63) is 63.5 Å². The summed E-state index contributed by atoms with van der Waals surface area (Å²) in [5.74, 6) is -1.30. The second-order valence-electron chi connectivity index (χ2n) is 8.83. The highest BCUT2D eigenvalue weighted by Crippen LogP contribution is 2.38. The average Bonchev–Trinajstić information content (AvgIpc) is 3.34. The number of carboxylic acids is 1. The van der Waals surface area contributed by atoms with Crippen LogP contribution in [0.25, 0.3) is 6.08 Å². The number of carbonyl (C=O) groups excluding carboxylic acids is 3. The summed E-state index contributed by atoms with van der Waals surface area (Å²) in [5.41, 5.74) is 1.60. The van der Waals surface area contributed by atoms with E-state index in [1.165, 1.54) is 12.0 Å². The Morgan fingerprint density at radius 3 is 2.59 bits per heavy atom. The van der Waals surface area contributed by atoms with E-state index in [0.29, 0.717) is 46.4 Å². The van der Waals surface area contributed by atoms with E-state index >= 15 is 0 Å². The fourth-order valence-electron chi connectivity index (χ4n) is 4.18. The number of thiocarbonyl (C=S) groups is 1. The van der Waals surface area contributed by atoms with Gasteiger partial charge in [0.1, 0.15) is 17.0 Å². The predicted octanol–water partition coefficient (Wildman–Crippen LogP) is 4.51. The maximum atomic E-state index is 13.2. The van der Waals surface area contributed by atoms with E-state index < -0.39 is 29.7 Å². The highest BCUT2D eigenvalue weighted by Gasteiger charge is 2.48. The van der Waals surface area contributed by atoms with Gasteiger partial charge in [-0.25, -0.2) is 0 Å². The van der Waals surface area contributed by atoms with E-state index in [0.717, 1.165) is 22.2 Å². The van der Waals surface area contributed by atoms with E-state index in [1.54, 1.807) is 36.4 Å². The first-order valence-corrected chi connectivity index (χ1v) is 13.7. The van der Waals surface area contributed by atoms with E-state index in [4.69, 9.17) is 38.4 Å². The second kappa shape index (κ2) is 12.6. The highest BCUT2D eigenvalue weighted by molar-refractivity contribution is 8.26. The largest absolute Gasteiger partial charge is 0.493 e. The fraction of sp³-hybridized carbons (Fsp3) is 0.296. The molecule has 2 aliphatic heterocycles. The molecule has 2 heterocycles. The third-order valence-electron chi connectivity index (χ3n) is 6.17. The molecule has 1 unspecified atom stereocenters. The lowest BCUT2D eigenvalue weighted by Crippen LogP contribution is -2.44. The number of carboxylic acid groups (broad SMARTS) is 1. The van der Waals surface area contributed by atoms with Crippen molar-refractivity contribution >= 4 is 69.7 Å². The smallest absolute Gasteiger partial charge is 0.303 e. The van der Waals surface area contributed by atoms with E-state index in [-0.39, 0.29) is 23.7 Å². The van der Waals surface area contributed by atoms with Gasteiger partial charge in [0.15, 0.2) is 11.5 Å². The van der Waals surface area contributed by atoms with Crippen molar-refractivity contribution in [3.63, 3.8) is 0 Å². The van der Waals surface area contributed by atoms with Gasteiger partial charge in [0.05, 0.1) is 18.4 Å². The molecule has 2 aromatic carbocycles. The summed E-state index contributed by atoms with van der Waals surface area (Å²) in [6.45, 7) is 0.425. The predicted molar refractivity (Wildman–Crippen MR) is 150 cm³/mol. The minimum atomic E-state index is -1.01. The Bertz CT molecular complexity index is 1350. The average molecular weight is 589 g/mol. The molecule has 2 saturated heterocycles. The Balaban J connectivity index is 1.43. The lowest BCUT2D eigenvalue weighted by Gasteiger charge is -2.21. The molecule has 0 spiro atoms. The van der Waals surface area contributed by atoms with Gasteiger partial charge in [-0.05, 0) is 54.3 Å². The topological polar surface area (TPSA) is 113 Å². The zero-order chi connectivity index (χ0) is 28.1. The number of benzene rings is 2. The molecular weight excluding hydrogens is 564 g/mol. The van der Waals surface area contributed by atoms with Crippen LogP contribution in [-0.4, -0.2) is 62.6 Å². The van der Waals surface area contributed by atoms with Gasteiger partial charge >= 0.3 is 5.97 Å². The number of amides is 3. The Kier molecular flexibility index (Phi) is 9.26. The lowest BCUT2D eigenvalue weighted by atomic mass is 10.1. The number of carbonyl (C=O) groups is 4. The monoisotopic (exact) mass is 588 g/mol. The maximum absolute atomic E-state index is 13.2. The molecule has 0 aromatic heterocycles. The highest BCUT2D eigenvalue weighted by atomic mass is 35.5. The number of hydrogen-bond donors (Lipinski definition) is 1. The Labute approximate surface area is 239 Å². The molecule has 204 valence electrons. The molecule has 1 atom stereocenters. The van der Waals surface area contributed by atoms with Crippen LogP contribution in [0.3, 0.4) is 0 Å². The lowest BCUT2D eigenvalue weighted by molar-refractivity contribution is -0.141. The number of hydrogen-bond acceptors (Lipinski definition) is 8. The van der Waals surface area contributed by atoms with Crippen LogP contribution < -0.4 is 9.47 Å². The maximum Gasteiger partial charge on any atom is 0.303 e. The summed E-state index contributed by atoms with van der Waals surface area (Å²) in [6.07, 6.45) is 2.16. The molecule has 39 heavy (non-hydrogen) atoms. The third-order valence-corrected chi connectivity index (χ3v) is 7.75. The molecule has 2 fully saturated rings. The number of thioether (sulfide) groups is 1. The van der Waals surface area contributed by atoms with Crippen molar-refractivity contribution in [3.8, 4) is 11.5 Å². The van der Waals surface area contributed by atoms with Crippen LogP contribution in [0.2, 0.25) is 5.02 Å². The zero-order valence-electron chi connectivity index (χ0n) is 20.9. The number of ether oxygens (including phenoxy) is 2. The summed E-state index contributed by atoms with van der Waals surface area (Å²) in [4.78, 5) is 52.0. The first-order valence-electron chi connectivity index (χ1n) is 12.1. The number of aliphatic carboxylic acids is 1.